The monoisotopic (exact) mass is 762 g/mol. The number of benzene rings is 10. The van der Waals surface area contributed by atoms with Gasteiger partial charge < -0.3 is 0 Å². The fraction of sp³-hybridized carbons (Fsp3) is 0.100. The SMILES string of the molecule is CC1(C)c2ccccc2-c2cc(-c3c4ccccc4c(-c4ccc5c(c4)C4(Cc6ccccc6C4)c4ccccc4-5)c4ccc(-c5ccc6ccccc6c5)cc34)ccc21. The van der Waals surface area contributed by atoms with E-state index in [9.17, 15) is 0 Å². The first-order chi connectivity index (χ1) is 29.5. The molecule has 3 aliphatic rings. The maximum atomic E-state index is 2.58. The quantitative estimate of drug-likeness (QED) is 0.157. The molecule has 0 atom stereocenters. The molecular weight excluding hydrogens is 721 g/mol. The molecule has 10 aromatic rings. The molecule has 0 saturated carbocycles. The number of rotatable bonds is 3. The summed E-state index contributed by atoms with van der Waals surface area (Å²) in [6.45, 7) is 4.74. The fourth-order valence-corrected chi connectivity index (χ4v) is 11.8. The molecule has 0 nitrogen and oxygen atoms in total. The average Bonchev–Trinajstić information content (AvgIpc) is 3.90. The van der Waals surface area contributed by atoms with E-state index in [1.165, 1.54) is 121 Å². The summed E-state index contributed by atoms with van der Waals surface area (Å²) in [6, 6.07) is 74.0. The molecular formula is C60H42. The molecule has 282 valence electrons. The Hall–Kier alpha value is -7.02. The van der Waals surface area contributed by atoms with Gasteiger partial charge in [-0.1, -0.05) is 184 Å². The van der Waals surface area contributed by atoms with Crippen molar-refractivity contribution >= 4 is 32.3 Å². The van der Waals surface area contributed by atoms with E-state index in [0.29, 0.717) is 0 Å². The Bertz CT molecular complexity index is 3440. The Morgan fingerprint density at radius 2 is 0.833 bits per heavy atom. The molecule has 0 unspecified atom stereocenters. The van der Waals surface area contributed by atoms with Crippen LogP contribution in [0.5, 0.6) is 0 Å². The van der Waals surface area contributed by atoms with Gasteiger partial charge in [0, 0.05) is 10.8 Å². The van der Waals surface area contributed by atoms with E-state index in [2.05, 4.69) is 208 Å². The molecule has 13 rings (SSSR count). The van der Waals surface area contributed by atoms with Crippen LogP contribution in [0.4, 0.5) is 0 Å². The van der Waals surface area contributed by atoms with Crippen molar-refractivity contribution in [2.24, 2.45) is 0 Å². The topological polar surface area (TPSA) is 0 Å². The molecule has 3 aliphatic carbocycles. The third-order valence-electron chi connectivity index (χ3n) is 14.6. The summed E-state index contributed by atoms with van der Waals surface area (Å²) in [5.41, 5.74) is 21.7. The molecule has 0 heterocycles. The highest BCUT2D eigenvalue weighted by Gasteiger charge is 2.47. The van der Waals surface area contributed by atoms with Crippen LogP contribution in [-0.4, -0.2) is 0 Å². The van der Waals surface area contributed by atoms with Crippen molar-refractivity contribution in [3.63, 3.8) is 0 Å². The summed E-state index contributed by atoms with van der Waals surface area (Å²) in [5, 5.41) is 7.67. The summed E-state index contributed by atoms with van der Waals surface area (Å²) in [5.74, 6) is 0. The lowest BCUT2D eigenvalue weighted by atomic mass is 9.75. The van der Waals surface area contributed by atoms with Crippen molar-refractivity contribution in [3.8, 4) is 55.6 Å². The minimum Gasteiger partial charge on any atom is -0.0620 e. The highest BCUT2D eigenvalue weighted by atomic mass is 14.5. The number of fused-ring (bicyclic) bond motifs is 12. The second-order valence-electron chi connectivity index (χ2n) is 18.1. The van der Waals surface area contributed by atoms with Gasteiger partial charge in [-0.15, -0.1) is 0 Å². The molecule has 60 heavy (non-hydrogen) atoms. The van der Waals surface area contributed by atoms with E-state index >= 15 is 0 Å². The van der Waals surface area contributed by atoms with Crippen molar-refractivity contribution in [1.29, 1.82) is 0 Å². The first-order valence-corrected chi connectivity index (χ1v) is 21.5. The van der Waals surface area contributed by atoms with E-state index in [1.807, 2.05) is 0 Å². The second kappa shape index (κ2) is 12.3. The third-order valence-corrected chi connectivity index (χ3v) is 14.6. The Morgan fingerprint density at radius 3 is 1.62 bits per heavy atom. The van der Waals surface area contributed by atoms with Crippen LogP contribution in [0.1, 0.15) is 47.2 Å². The zero-order valence-electron chi connectivity index (χ0n) is 33.9. The van der Waals surface area contributed by atoms with Crippen LogP contribution in [-0.2, 0) is 23.7 Å². The van der Waals surface area contributed by atoms with Gasteiger partial charge in [0.15, 0.2) is 0 Å². The van der Waals surface area contributed by atoms with Crippen molar-refractivity contribution in [3.05, 3.63) is 228 Å². The lowest BCUT2D eigenvalue weighted by molar-refractivity contribution is 0.564. The van der Waals surface area contributed by atoms with Crippen molar-refractivity contribution in [2.75, 3.05) is 0 Å². The molecule has 0 fully saturated rings. The Balaban J connectivity index is 1.09. The largest absolute Gasteiger partial charge is 0.0620 e. The summed E-state index contributed by atoms with van der Waals surface area (Å²) < 4.78 is 0. The predicted molar refractivity (Wildman–Crippen MR) is 253 cm³/mol. The van der Waals surface area contributed by atoms with Gasteiger partial charge in [-0.05, 0) is 158 Å². The predicted octanol–water partition coefficient (Wildman–Crippen LogP) is 15.5. The van der Waals surface area contributed by atoms with E-state index in [4.69, 9.17) is 0 Å². The van der Waals surface area contributed by atoms with Crippen LogP contribution in [0, 0.1) is 0 Å². The minimum absolute atomic E-state index is 0.0486. The molecule has 0 aromatic heterocycles. The summed E-state index contributed by atoms with van der Waals surface area (Å²) >= 11 is 0. The van der Waals surface area contributed by atoms with Crippen LogP contribution >= 0.6 is 0 Å². The van der Waals surface area contributed by atoms with Crippen LogP contribution in [0.3, 0.4) is 0 Å². The third kappa shape index (κ3) is 4.62. The molecule has 0 heteroatoms. The van der Waals surface area contributed by atoms with Gasteiger partial charge in [-0.2, -0.15) is 0 Å². The summed E-state index contributed by atoms with van der Waals surface area (Å²) in [4.78, 5) is 0. The van der Waals surface area contributed by atoms with E-state index < -0.39 is 0 Å². The standard InChI is InChI=1S/C60H42/c1-59(2)53-21-11-9-18-46(53)51-33-41(27-30-54(51)59)58-49-20-8-7-19-48(49)57(50-29-25-40(32-52(50)58)39-24-23-37-13-3-4-14-38(37)31-39)42-26-28-47-45-17-10-12-22-55(45)60(56(47)34-42)35-43-15-5-6-16-44(43)36-60/h3-34H,35-36H2,1-2H3. The van der Waals surface area contributed by atoms with E-state index in [-0.39, 0.29) is 10.8 Å². The lowest BCUT2D eigenvalue weighted by Crippen LogP contribution is -2.25. The Kier molecular flexibility index (Phi) is 6.93. The molecule has 0 radical (unpaired) electrons. The van der Waals surface area contributed by atoms with Crippen LogP contribution in [0.2, 0.25) is 0 Å². The van der Waals surface area contributed by atoms with Gasteiger partial charge in [-0.3, -0.25) is 0 Å². The first kappa shape index (κ1) is 33.9. The average molecular weight is 763 g/mol. The van der Waals surface area contributed by atoms with Crippen LogP contribution in [0.15, 0.2) is 194 Å². The normalized spacial score (nSPS) is 15.0. The molecule has 0 amide bonds. The molecule has 0 aliphatic heterocycles. The van der Waals surface area contributed by atoms with Gasteiger partial charge in [0.05, 0.1) is 0 Å². The van der Waals surface area contributed by atoms with Gasteiger partial charge >= 0.3 is 0 Å². The zero-order valence-corrected chi connectivity index (χ0v) is 33.9. The molecule has 10 aromatic carbocycles. The van der Waals surface area contributed by atoms with E-state index in [0.717, 1.165) is 12.8 Å². The van der Waals surface area contributed by atoms with Gasteiger partial charge in [0.2, 0.25) is 0 Å². The van der Waals surface area contributed by atoms with Crippen molar-refractivity contribution < 1.29 is 0 Å². The van der Waals surface area contributed by atoms with E-state index in [1.54, 1.807) is 0 Å². The maximum absolute atomic E-state index is 2.58. The zero-order chi connectivity index (χ0) is 39.7. The van der Waals surface area contributed by atoms with Crippen LogP contribution in [0.25, 0.3) is 88.0 Å². The highest BCUT2D eigenvalue weighted by molar-refractivity contribution is 6.22. The summed E-state index contributed by atoms with van der Waals surface area (Å²) in [6.07, 6.45) is 2.06. The van der Waals surface area contributed by atoms with Gasteiger partial charge in [-0.25, -0.2) is 0 Å². The lowest BCUT2D eigenvalue weighted by Gasteiger charge is -2.27. The van der Waals surface area contributed by atoms with Gasteiger partial charge in [0.1, 0.15) is 0 Å². The molecule has 1 spiro atoms. The smallest absolute Gasteiger partial charge is 0.0296 e. The second-order valence-corrected chi connectivity index (χ2v) is 18.1. The maximum Gasteiger partial charge on any atom is 0.0296 e. The molecule has 0 saturated heterocycles. The molecule has 0 bridgehead atoms. The fourth-order valence-electron chi connectivity index (χ4n) is 11.8. The Labute approximate surface area is 351 Å². The number of hydrogen-bond donors (Lipinski definition) is 0. The minimum atomic E-state index is -0.0745. The molecule has 0 N–H and O–H groups in total. The Morgan fingerprint density at radius 1 is 0.317 bits per heavy atom. The number of hydrogen-bond acceptors (Lipinski definition) is 0. The van der Waals surface area contributed by atoms with Crippen molar-refractivity contribution in [1.82, 2.24) is 0 Å². The van der Waals surface area contributed by atoms with Gasteiger partial charge in [0.25, 0.3) is 0 Å². The highest BCUT2D eigenvalue weighted by Crippen LogP contribution is 2.57. The first-order valence-electron chi connectivity index (χ1n) is 21.5. The summed E-state index contributed by atoms with van der Waals surface area (Å²) in [7, 11) is 0. The van der Waals surface area contributed by atoms with Crippen LogP contribution < -0.4 is 0 Å². The van der Waals surface area contributed by atoms with Crippen molar-refractivity contribution in [2.45, 2.75) is 37.5 Å².